The summed E-state index contributed by atoms with van der Waals surface area (Å²) in [7, 11) is 0. The zero-order chi connectivity index (χ0) is 14.8. The van der Waals surface area contributed by atoms with Gasteiger partial charge in [0.2, 0.25) is 0 Å². The standard InChI is InChI=1S/C15H15N3O2S.ClH/c1-2-3-6-12-14(19)18(15(20)21-12)10-11-5-4-7-13-16-8-9-17(11)13;/h4-9H,2-3,10H2,1H3;1H/b12-6+;. The van der Waals surface area contributed by atoms with Gasteiger partial charge in [-0.15, -0.1) is 12.4 Å². The lowest BCUT2D eigenvalue weighted by molar-refractivity contribution is -0.123. The van der Waals surface area contributed by atoms with E-state index in [1.165, 1.54) is 4.90 Å². The number of amides is 2. The van der Waals surface area contributed by atoms with Gasteiger partial charge in [0.25, 0.3) is 11.1 Å². The van der Waals surface area contributed by atoms with Crippen molar-refractivity contribution < 1.29 is 9.59 Å². The number of hydrogen-bond donors (Lipinski definition) is 0. The molecule has 7 heteroatoms. The van der Waals surface area contributed by atoms with Gasteiger partial charge in [0.15, 0.2) is 0 Å². The highest BCUT2D eigenvalue weighted by Crippen LogP contribution is 2.32. The molecule has 116 valence electrons. The van der Waals surface area contributed by atoms with Gasteiger partial charge in [-0.05, 0) is 30.3 Å². The molecule has 2 amide bonds. The lowest BCUT2D eigenvalue weighted by Gasteiger charge is -2.13. The van der Waals surface area contributed by atoms with Crippen LogP contribution >= 0.6 is 24.2 Å². The van der Waals surface area contributed by atoms with Crippen molar-refractivity contribution in [2.75, 3.05) is 0 Å². The first-order chi connectivity index (χ1) is 10.2. The number of halogens is 1. The number of fused-ring (bicyclic) bond motifs is 1. The molecule has 0 aromatic carbocycles. The maximum Gasteiger partial charge on any atom is 0.293 e. The number of carbonyl (C=O) groups is 2. The summed E-state index contributed by atoms with van der Waals surface area (Å²) in [5, 5.41) is -0.209. The average molecular weight is 338 g/mol. The summed E-state index contributed by atoms with van der Waals surface area (Å²) < 4.78 is 1.89. The van der Waals surface area contributed by atoms with Crippen molar-refractivity contribution in [3.8, 4) is 0 Å². The Bertz CT molecular complexity index is 741. The second-order valence-electron chi connectivity index (χ2n) is 4.79. The highest BCUT2D eigenvalue weighted by Gasteiger charge is 2.35. The molecule has 0 spiro atoms. The van der Waals surface area contributed by atoms with Crippen LogP contribution in [0.4, 0.5) is 4.79 Å². The molecule has 1 fully saturated rings. The number of thioether (sulfide) groups is 1. The molecule has 1 aliphatic heterocycles. The summed E-state index contributed by atoms with van der Waals surface area (Å²) >= 11 is 1.02. The maximum absolute atomic E-state index is 12.3. The molecule has 0 N–H and O–H groups in total. The van der Waals surface area contributed by atoms with Crippen LogP contribution in [-0.2, 0) is 11.3 Å². The number of unbranched alkanes of at least 4 members (excludes halogenated alkanes) is 1. The van der Waals surface area contributed by atoms with Gasteiger partial charge in [-0.2, -0.15) is 0 Å². The van der Waals surface area contributed by atoms with Crippen LogP contribution in [0.2, 0.25) is 0 Å². The van der Waals surface area contributed by atoms with E-state index in [-0.39, 0.29) is 30.1 Å². The van der Waals surface area contributed by atoms with Gasteiger partial charge >= 0.3 is 0 Å². The van der Waals surface area contributed by atoms with Crippen LogP contribution in [0.25, 0.3) is 5.65 Å². The van der Waals surface area contributed by atoms with E-state index < -0.39 is 0 Å². The van der Waals surface area contributed by atoms with E-state index in [1.807, 2.05) is 41.8 Å². The number of carbonyl (C=O) groups excluding carboxylic acids is 2. The maximum atomic E-state index is 12.3. The van der Waals surface area contributed by atoms with Crippen LogP contribution < -0.4 is 0 Å². The van der Waals surface area contributed by atoms with E-state index in [1.54, 1.807) is 6.20 Å². The van der Waals surface area contributed by atoms with Crippen molar-refractivity contribution in [2.45, 2.75) is 26.3 Å². The van der Waals surface area contributed by atoms with Crippen LogP contribution in [0.15, 0.2) is 41.6 Å². The molecule has 0 atom stereocenters. The first-order valence-electron chi connectivity index (χ1n) is 6.85. The normalized spacial score (nSPS) is 16.6. The third kappa shape index (κ3) is 3.03. The Morgan fingerprint density at radius 1 is 1.32 bits per heavy atom. The summed E-state index contributed by atoms with van der Waals surface area (Å²) in [5.74, 6) is -0.199. The van der Waals surface area contributed by atoms with E-state index in [0.717, 1.165) is 35.9 Å². The predicted octanol–water partition coefficient (Wildman–Crippen LogP) is 3.64. The van der Waals surface area contributed by atoms with Crippen molar-refractivity contribution in [1.29, 1.82) is 0 Å². The van der Waals surface area contributed by atoms with Gasteiger partial charge in [0, 0.05) is 18.1 Å². The summed E-state index contributed by atoms with van der Waals surface area (Å²) in [6, 6.07) is 5.66. The van der Waals surface area contributed by atoms with E-state index in [0.29, 0.717) is 4.91 Å². The lowest BCUT2D eigenvalue weighted by Crippen LogP contribution is -2.28. The third-order valence-corrected chi connectivity index (χ3v) is 4.28. The van der Waals surface area contributed by atoms with E-state index >= 15 is 0 Å². The second kappa shape index (κ2) is 6.98. The fourth-order valence-corrected chi connectivity index (χ4v) is 3.09. The number of imide groups is 1. The highest BCUT2D eigenvalue weighted by molar-refractivity contribution is 8.18. The van der Waals surface area contributed by atoms with Crippen molar-refractivity contribution in [3.05, 3.63) is 47.3 Å². The zero-order valence-electron chi connectivity index (χ0n) is 12.1. The Balaban J connectivity index is 0.00000176. The van der Waals surface area contributed by atoms with Crippen molar-refractivity contribution in [3.63, 3.8) is 0 Å². The number of aromatic nitrogens is 2. The van der Waals surface area contributed by atoms with Gasteiger partial charge in [-0.3, -0.25) is 14.5 Å². The second-order valence-corrected chi connectivity index (χ2v) is 5.78. The molecule has 3 rings (SSSR count). The van der Waals surface area contributed by atoms with Gasteiger partial charge < -0.3 is 4.40 Å². The number of allylic oxidation sites excluding steroid dienone is 1. The third-order valence-electron chi connectivity index (χ3n) is 3.32. The first-order valence-corrected chi connectivity index (χ1v) is 7.67. The van der Waals surface area contributed by atoms with Gasteiger partial charge in [0.1, 0.15) is 5.65 Å². The molecule has 22 heavy (non-hydrogen) atoms. The lowest BCUT2D eigenvalue weighted by atomic mass is 10.3. The largest absolute Gasteiger partial charge is 0.302 e. The predicted molar refractivity (Wildman–Crippen MR) is 89.0 cm³/mol. The molecule has 1 saturated heterocycles. The van der Waals surface area contributed by atoms with Gasteiger partial charge in [0.05, 0.1) is 11.4 Å². The smallest absolute Gasteiger partial charge is 0.293 e. The first kappa shape index (κ1) is 16.6. The van der Waals surface area contributed by atoms with Crippen molar-refractivity contribution >= 4 is 41.0 Å². The van der Waals surface area contributed by atoms with Crippen molar-refractivity contribution in [2.24, 2.45) is 0 Å². The summed E-state index contributed by atoms with van der Waals surface area (Å²) in [6.45, 7) is 2.31. The SMILES string of the molecule is CCC/C=C1/SC(=O)N(Cc2cccc3nccn23)C1=O.Cl. The van der Waals surface area contributed by atoms with Crippen LogP contribution in [0.1, 0.15) is 25.5 Å². The molecule has 0 bridgehead atoms. The minimum absolute atomic E-state index is 0. The zero-order valence-corrected chi connectivity index (χ0v) is 13.7. The Morgan fingerprint density at radius 2 is 2.14 bits per heavy atom. The molecular formula is C15H16ClN3O2S. The van der Waals surface area contributed by atoms with E-state index in [4.69, 9.17) is 0 Å². The molecule has 0 unspecified atom stereocenters. The molecule has 0 saturated carbocycles. The molecular weight excluding hydrogens is 322 g/mol. The Hall–Kier alpha value is -1.79. The van der Waals surface area contributed by atoms with Crippen LogP contribution in [0.5, 0.6) is 0 Å². The highest BCUT2D eigenvalue weighted by atomic mass is 35.5. The van der Waals surface area contributed by atoms with E-state index in [2.05, 4.69) is 4.98 Å². The van der Waals surface area contributed by atoms with Crippen LogP contribution in [0.3, 0.4) is 0 Å². The summed E-state index contributed by atoms with van der Waals surface area (Å²) in [6.07, 6.45) is 7.15. The monoisotopic (exact) mass is 337 g/mol. The average Bonchev–Trinajstić information content (AvgIpc) is 3.05. The van der Waals surface area contributed by atoms with Gasteiger partial charge in [-0.1, -0.05) is 25.5 Å². The molecule has 2 aromatic heterocycles. The Kier molecular flexibility index (Phi) is 5.26. The van der Waals surface area contributed by atoms with Crippen molar-refractivity contribution in [1.82, 2.24) is 14.3 Å². The number of pyridine rings is 1. The molecule has 3 heterocycles. The van der Waals surface area contributed by atoms with Crippen LogP contribution in [-0.4, -0.2) is 25.4 Å². The Morgan fingerprint density at radius 3 is 2.91 bits per heavy atom. The number of rotatable bonds is 4. The number of hydrogen-bond acceptors (Lipinski definition) is 4. The number of nitrogens with zero attached hydrogens (tertiary/aromatic N) is 3. The molecule has 1 aliphatic rings. The minimum atomic E-state index is -0.209. The quantitative estimate of drug-likeness (QED) is 0.799. The minimum Gasteiger partial charge on any atom is -0.302 e. The Labute approximate surface area is 138 Å². The molecule has 2 aromatic rings. The molecule has 0 aliphatic carbocycles. The number of imidazole rings is 1. The fourth-order valence-electron chi connectivity index (χ4n) is 2.25. The topological polar surface area (TPSA) is 54.7 Å². The molecule has 5 nitrogen and oxygen atoms in total. The summed E-state index contributed by atoms with van der Waals surface area (Å²) in [5.41, 5.74) is 1.67. The van der Waals surface area contributed by atoms with Gasteiger partial charge in [-0.25, -0.2) is 4.98 Å². The van der Waals surface area contributed by atoms with E-state index in [9.17, 15) is 9.59 Å². The fraction of sp³-hybridized carbons (Fsp3) is 0.267. The van der Waals surface area contributed by atoms with Crippen LogP contribution in [0, 0.1) is 0 Å². The summed E-state index contributed by atoms with van der Waals surface area (Å²) in [4.78, 5) is 30.4. The molecule has 0 radical (unpaired) electrons.